The van der Waals surface area contributed by atoms with Crippen molar-refractivity contribution in [2.75, 3.05) is 0 Å². The van der Waals surface area contributed by atoms with E-state index >= 15 is 0 Å². The Balaban J connectivity index is 1.78. The van der Waals surface area contributed by atoms with Gasteiger partial charge < -0.3 is 9.94 Å². The quantitative estimate of drug-likeness (QED) is 0.889. The number of phenols is 1. The van der Waals surface area contributed by atoms with E-state index in [-0.39, 0.29) is 6.10 Å². The van der Waals surface area contributed by atoms with E-state index in [9.17, 15) is 5.11 Å². The van der Waals surface area contributed by atoms with Gasteiger partial charge in [0.05, 0.1) is 5.71 Å². The van der Waals surface area contributed by atoms with E-state index in [1.807, 2.05) is 43.3 Å². The van der Waals surface area contributed by atoms with Crippen molar-refractivity contribution in [3.8, 4) is 5.75 Å². The minimum atomic E-state index is -0.0350. The number of phenolic OH excluding ortho intramolecular Hbond substituents is 1. The summed E-state index contributed by atoms with van der Waals surface area (Å²) in [4.78, 5) is 5.53. The third-order valence-corrected chi connectivity index (χ3v) is 3.97. The van der Waals surface area contributed by atoms with Crippen molar-refractivity contribution >= 4 is 21.6 Å². The molecule has 0 aromatic heterocycles. The van der Waals surface area contributed by atoms with Crippen molar-refractivity contribution in [2.24, 2.45) is 5.16 Å². The summed E-state index contributed by atoms with van der Waals surface area (Å²) in [5.41, 5.74) is 3.88. The van der Waals surface area contributed by atoms with E-state index in [0.717, 1.165) is 33.3 Å². The molecule has 1 unspecified atom stereocenters. The molecule has 0 amide bonds. The molecule has 1 atom stereocenters. The van der Waals surface area contributed by atoms with Gasteiger partial charge in [-0.05, 0) is 53.9 Å². The number of oxime groups is 1. The standard InChI is InChI=1S/C16H14BrNO2/c1-10-8-12(4-7-15(10)19)14-9-16(20-18-14)11-2-5-13(17)6-3-11/h2-8,16,19H,9H2,1H3. The molecule has 2 aromatic carbocycles. The zero-order valence-electron chi connectivity index (χ0n) is 11.0. The topological polar surface area (TPSA) is 41.8 Å². The Kier molecular flexibility index (Phi) is 3.49. The number of nitrogens with zero attached hydrogens (tertiary/aromatic N) is 1. The smallest absolute Gasteiger partial charge is 0.158 e. The Hall–Kier alpha value is -1.81. The van der Waals surface area contributed by atoms with Crippen LogP contribution in [-0.2, 0) is 4.84 Å². The molecule has 3 rings (SSSR count). The normalized spacial score (nSPS) is 17.7. The summed E-state index contributed by atoms with van der Waals surface area (Å²) in [5, 5.41) is 13.7. The highest BCUT2D eigenvalue weighted by Crippen LogP contribution is 2.31. The van der Waals surface area contributed by atoms with Gasteiger partial charge in [-0.15, -0.1) is 0 Å². The Labute approximate surface area is 126 Å². The van der Waals surface area contributed by atoms with Crippen molar-refractivity contribution in [2.45, 2.75) is 19.4 Å². The number of rotatable bonds is 2. The predicted molar refractivity (Wildman–Crippen MR) is 82.0 cm³/mol. The summed E-state index contributed by atoms with van der Waals surface area (Å²) in [5.74, 6) is 0.303. The molecule has 0 radical (unpaired) electrons. The van der Waals surface area contributed by atoms with Gasteiger partial charge in [-0.1, -0.05) is 33.2 Å². The Morgan fingerprint density at radius 3 is 2.65 bits per heavy atom. The molecule has 0 fully saturated rings. The van der Waals surface area contributed by atoms with Crippen LogP contribution in [0.3, 0.4) is 0 Å². The number of aromatic hydroxyl groups is 1. The Morgan fingerprint density at radius 2 is 1.95 bits per heavy atom. The van der Waals surface area contributed by atoms with Gasteiger partial charge in [-0.2, -0.15) is 0 Å². The van der Waals surface area contributed by atoms with Crippen LogP contribution in [-0.4, -0.2) is 10.8 Å². The van der Waals surface area contributed by atoms with Gasteiger partial charge in [0.2, 0.25) is 0 Å². The molecule has 102 valence electrons. The third-order valence-electron chi connectivity index (χ3n) is 3.44. The van der Waals surface area contributed by atoms with Crippen LogP contribution < -0.4 is 0 Å². The maximum absolute atomic E-state index is 9.57. The second-order valence-corrected chi connectivity index (χ2v) is 5.80. The van der Waals surface area contributed by atoms with Gasteiger partial charge in [0, 0.05) is 10.9 Å². The lowest BCUT2D eigenvalue weighted by Crippen LogP contribution is -2.01. The van der Waals surface area contributed by atoms with Crippen LogP contribution in [0.5, 0.6) is 5.75 Å². The summed E-state index contributed by atoms with van der Waals surface area (Å²) in [7, 11) is 0. The number of hydrogen-bond donors (Lipinski definition) is 1. The maximum Gasteiger partial charge on any atom is 0.158 e. The van der Waals surface area contributed by atoms with Gasteiger partial charge >= 0.3 is 0 Å². The highest BCUT2D eigenvalue weighted by Gasteiger charge is 2.23. The second-order valence-electron chi connectivity index (χ2n) is 4.89. The fourth-order valence-corrected chi connectivity index (χ4v) is 2.50. The van der Waals surface area contributed by atoms with Gasteiger partial charge in [-0.25, -0.2) is 0 Å². The number of halogens is 1. The van der Waals surface area contributed by atoms with Gasteiger partial charge in [0.25, 0.3) is 0 Å². The highest BCUT2D eigenvalue weighted by molar-refractivity contribution is 9.10. The first kappa shape index (κ1) is 13.2. The van der Waals surface area contributed by atoms with Crippen LogP contribution in [0.15, 0.2) is 52.1 Å². The molecule has 1 N–H and O–H groups in total. The highest BCUT2D eigenvalue weighted by atomic mass is 79.9. The lowest BCUT2D eigenvalue weighted by molar-refractivity contribution is 0.0857. The first-order valence-corrected chi connectivity index (χ1v) is 7.21. The van der Waals surface area contributed by atoms with Crippen LogP contribution in [0.25, 0.3) is 0 Å². The molecule has 4 heteroatoms. The summed E-state index contributed by atoms with van der Waals surface area (Å²) < 4.78 is 1.05. The monoisotopic (exact) mass is 331 g/mol. The first-order chi connectivity index (χ1) is 9.63. The molecule has 20 heavy (non-hydrogen) atoms. The number of hydrogen-bond acceptors (Lipinski definition) is 3. The average Bonchev–Trinajstić information content (AvgIpc) is 2.92. The third kappa shape index (κ3) is 2.56. The minimum absolute atomic E-state index is 0.0350. The van der Waals surface area contributed by atoms with Crippen LogP contribution in [0.4, 0.5) is 0 Å². The molecule has 3 nitrogen and oxygen atoms in total. The summed E-state index contributed by atoms with van der Waals surface area (Å²) in [6, 6.07) is 13.6. The van der Waals surface area contributed by atoms with E-state index in [1.165, 1.54) is 0 Å². The fraction of sp³-hybridized carbons (Fsp3) is 0.188. The van der Waals surface area contributed by atoms with Crippen molar-refractivity contribution in [3.05, 3.63) is 63.6 Å². The van der Waals surface area contributed by atoms with Crippen molar-refractivity contribution < 1.29 is 9.94 Å². The van der Waals surface area contributed by atoms with Crippen LogP contribution in [0.1, 0.15) is 29.2 Å². The van der Waals surface area contributed by atoms with Crippen molar-refractivity contribution in [1.29, 1.82) is 0 Å². The summed E-state index contributed by atoms with van der Waals surface area (Å²) in [6.45, 7) is 1.88. The van der Waals surface area contributed by atoms with E-state index in [1.54, 1.807) is 6.07 Å². The molecule has 2 aromatic rings. The second kappa shape index (κ2) is 5.29. The molecule has 0 aliphatic carbocycles. The van der Waals surface area contributed by atoms with Crippen molar-refractivity contribution in [1.82, 2.24) is 0 Å². The minimum Gasteiger partial charge on any atom is -0.508 e. The van der Waals surface area contributed by atoms with Crippen LogP contribution >= 0.6 is 15.9 Å². The van der Waals surface area contributed by atoms with E-state index in [0.29, 0.717) is 5.75 Å². The van der Waals surface area contributed by atoms with E-state index in [2.05, 4.69) is 21.1 Å². The van der Waals surface area contributed by atoms with Gasteiger partial charge in [0.1, 0.15) is 5.75 Å². The molecular formula is C16H14BrNO2. The van der Waals surface area contributed by atoms with Gasteiger partial charge in [0.15, 0.2) is 6.10 Å². The molecular weight excluding hydrogens is 318 g/mol. The molecule has 1 heterocycles. The predicted octanol–water partition coefficient (Wildman–Crippen LogP) is 4.33. The number of aryl methyl sites for hydroxylation is 1. The SMILES string of the molecule is Cc1cc(C2=NOC(c3ccc(Br)cc3)C2)ccc1O. The van der Waals surface area contributed by atoms with Crippen LogP contribution in [0, 0.1) is 6.92 Å². The molecule has 1 aliphatic heterocycles. The van der Waals surface area contributed by atoms with E-state index < -0.39 is 0 Å². The molecule has 0 spiro atoms. The summed E-state index contributed by atoms with van der Waals surface area (Å²) in [6.07, 6.45) is 0.707. The molecule has 0 bridgehead atoms. The van der Waals surface area contributed by atoms with Gasteiger partial charge in [-0.3, -0.25) is 0 Å². The Morgan fingerprint density at radius 1 is 1.20 bits per heavy atom. The summed E-state index contributed by atoms with van der Waals surface area (Å²) >= 11 is 3.42. The molecule has 0 saturated heterocycles. The fourth-order valence-electron chi connectivity index (χ4n) is 2.24. The maximum atomic E-state index is 9.57. The first-order valence-electron chi connectivity index (χ1n) is 6.41. The largest absolute Gasteiger partial charge is 0.508 e. The zero-order chi connectivity index (χ0) is 14.1. The van der Waals surface area contributed by atoms with E-state index in [4.69, 9.17) is 4.84 Å². The molecule has 0 saturated carbocycles. The average molecular weight is 332 g/mol. The Bertz CT molecular complexity index is 665. The molecule has 1 aliphatic rings. The van der Waals surface area contributed by atoms with Crippen molar-refractivity contribution in [3.63, 3.8) is 0 Å². The number of benzene rings is 2. The lowest BCUT2D eigenvalue weighted by atomic mass is 9.99. The zero-order valence-corrected chi connectivity index (χ0v) is 12.6. The lowest BCUT2D eigenvalue weighted by Gasteiger charge is -2.08. The van der Waals surface area contributed by atoms with Crippen LogP contribution in [0.2, 0.25) is 0 Å².